The highest BCUT2D eigenvalue weighted by Crippen LogP contribution is 2.41. The van der Waals surface area contributed by atoms with Crippen molar-refractivity contribution in [3.05, 3.63) is 127 Å². The van der Waals surface area contributed by atoms with Gasteiger partial charge < -0.3 is 42.6 Å². The van der Waals surface area contributed by atoms with Crippen molar-refractivity contribution in [1.29, 1.82) is 0 Å². The van der Waals surface area contributed by atoms with Crippen molar-refractivity contribution in [1.82, 2.24) is 45.5 Å². The van der Waals surface area contributed by atoms with Crippen LogP contribution in [0.3, 0.4) is 0 Å². The van der Waals surface area contributed by atoms with Crippen LogP contribution in [0.15, 0.2) is 127 Å². The minimum atomic E-state index is -0.0457. The molecule has 4 heterocycles. The van der Waals surface area contributed by atoms with E-state index < -0.39 is 0 Å². The molecule has 0 aliphatic rings. The molecule has 0 atom stereocenters. The molecule has 0 aliphatic carbocycles. The Labute approximate surface area is 767 Å². The third kappa shape index (κ3) is 38.3. The van der Waals surface area contributed by atoms with Gasteiger partial charge in [-0.15, -0.1) is 45.5 Å². The van der Waals surface area contributed by atoms with Crippen LogP contribution in [-0.4, -0.2) is 85.2 Å². The fourth-order valence-corrected chi connectivity index (χ4v) is 17.8. The molecule has 684 valence electrons. The maximum absolute atomic E-state index is 6.48. The van der Waals surface area contributed by atoms with E-state index in [0.717, 1.165) is 175 Å². The van der Waals surface area contributed by atoms with Crippen LogP contribution >= 0.6 is 34.0 Å². The Balaban J connectivity index is 0.849. The van der Waals surface area contributed by atoms with Crippen LogP contribution in [0.1, 0.15) is 350 Å². The Bertz CT molecular complexity index is 3960. The fraction of sp³-hybridized carbons (Fsp3) is 0.571. The quantitative estimate of drug-likeness (QED) is 0.0326. The third-order valence-electron chi connectivity index (χ3n) is 22.8. The first kappa shape index (κ1) is 99.4. The van der Waals surface area contributed by atoms with Gasteiger partial charge in [0.25, 0.3) is 0 Å². The first-order valence-electron chi connectivity index (χ1n) is 49.1. The Morgan fingerprint density at radius 1 is 0.175 bits per heavy atom. The molecule has 18 nitrogen and oxygen atoms in total. The number of hydrogen-bond acceptors (Lipinski definition) is 21. The van der Waals surface area contributed by atoms with Crippen LogP contribution in [-0.2, 0) is 0 Å². The van der Waals surface area contributed by atoms with E-state index >= 15 is 0 Å². The molecule has 6 aromatic carbocycles. The molecule has 4 aromatic heterocycles. The third-order valence-corrected chi connectivity index (χ3v) is 25.8. The van der Waals surface area contributed by atoms with Gasteiger partial charge in [-0.25, -0.2) is 0 Å². The summed E-state index contributed by atoms with van der Waals surface area (Å²) in [4.78, 5) is 14.1. The normalized spacial score (nSPS) is 11.4. The van der Waals surface area contributed by atoms with Gasteiger partial charge in [0.2, 0.25) is 0 Å². The van der Waals surface area contributed by atoms with Crippen molar-refractivity contribution < 1.29 is 42.6 Å². The van der Waals surface area contributed by atoms with Crippen LogP contribution in [0.2, 0.25) is 0 Å². The first-order chi connectivity index (χ1) is 62.2. The lowest BCUT2D eigenvalue weighted by molar-refractivity contribution is 0.289. The van der Waals surface area contributed by atoms with E-state index in [9.17, 15) is 0 Å². The number of unbranched alkanes of at least 4 members (excludes halogenated alkanes) is 42. The molecular weight excluding hydrogens is 1630 g/mol. The number of aromatic nitrogens is 9. The number of hydrogen-bond donors (Lipinski definition) is 0. The van der Waals surface area contributed by atoms with Crippen LogP contribution in [0, 0.1) is 0 Å². The van der Waals surface area contributed by atoms with Crippen LogP contribution < -0.4 is 42.6 Å². The Morgan fingerprint density at radius 3 is 0.508 bits per heavy atom. The molecule has 0 saturated heterocycles. The van der Waals surface area contributed by atoms with E-state index in [1.165, 1.54) is 265 Å². The van der Waals surface area contributed by atoms with Crippen molar-refractivity contribution in [2.75, 3.05) is 39.6 Å². The maximum atomic E-state index is 6.48. The van der Waals surface area contributed by atoms with Crippen LogP contribution in [0.5, 0.6) is 69.8 Å². The van der Waals surface area contributed by atoms with Crippen LogP contribution in [0.25, 0.3) is 63.4 Å². The zero-order valence-corrected chi connectivity index (χ0v) is 79.7. The van der Waals surface area contributed by atoms with Gasteiger partial charge in [0.1, 0.15) is 81.8 Å². The van der Waals surface area contributed by atoms with Gasteiger partial charge in [0.15, 0.2) is 0 Å². The molecule has 10 aromatic rings. The van der Waals surface area contributed by atoms with Crippen molar-refractivity contribution in [3.8, 4) is 133 Å². The second kappa shape index (κ2) is 60.9. The lowest BCUT2D eigenvalue weighted by atomic mass is 10.1. The summed E-state index contributed by atoms with van der Waals surface area (Å²) in [5.74, 6) is 6.08. The summed E-state index contributed by atoms with van der Waals surface area (Å²) in [7, 11) is 0. The Kier molecular flexibility index (Phi) is 48.0. The number of benzene rings is 6. The summed E-state index contributed by atoms with van der Waals surface area (Å²) in [5.41, 5.74) is 5.30. The Morgan fingerprint density at radius 2 is 0.333 bits per heavy atom. The first-order valence-corrected chi connectivity index (χ1v) is 51.5. The summed E-state index contributed by atoms with van der Waals surface area (Å²) in [5, 5.41) is 32.8. The summed E-state index contributed by atoms with van der Waals surface area (Å²) < 4.78 is 58.1. The molecule has 0 N–H and O–H groups in total. The van der Waals surface area contributed by atoms with E-state index in [0.29, 0.717) is 56.9 Å². The molecular formula is C105H147N9O9S3. The van der Waals surface area contributed by atoms with Crippen molar-refractivity contribution in [2.24, 2.45) is 0 Å². The van der Waals surface area contributed by atoms with E-state index in [-0.39, 0.29) is 18.0 Å². The van der Waals surface area contributed by atoms with Gasteiger partial charge in [-0.3, -0.25) is 0 Å². The molecule has 0 bridgehead atoms. The standard InChI is InChI=1S/C105H147N9O9S3/c1-7-13-19-25-31-37-43-49-67-115-91-73-85(74-92(79-91)116-68-50-44-38-32-26-20-14-8-2)100-112-109-97(124-100)82-55-61-88(62-56-82)121-103-106-104(122-89-63-57-83(58-64-89)98-110-113-101(125-98)86-75-93(117-69-51-45-39-33-27-21-15-9-3)80-94(76-86)118-70-52-46-40-34-28-22-16-10-4)108-105(107-103)123-90-65-59-84(60-66-90)99-111-114-102(126-99)87-77-95(119-71-53-47-41-35-29-23-17-11-5)81-96(78-87)120-72-54-48-42-36-30-24-18-12-6/h55-66,73-81H,7-54,67-72H2,1-6H3. The van der Waals surface area contributed by atoms with Crippen molar-refractivity contribution >= 4 is 34.0 Å². The van der Waals surface area contributed by atoms with Gasteiger partial charge in [0.05, 0.1) is 39.6 Å². The highest BCUT2D eigenvalue weighted by atomic mass is 32.1. The molecule has 0 unspecified atom stereocenters. The van der Waals surface area contributed by atoms with Crippen LogP contribution in [0.4, 0.5) is 0 Å². The lowest BCUT2D eigenvalue weighted by Gasteiger charge is -2.12. The minimum Gasteiger partial charge on any atom is -0.493 e. The summed E-state index contributed by atoms with van der Waals surface area (Å²) >= 11 is 4.53. The molecule has 0 saturated carbocycles. The monoisotopic (exact) mass is 1770 g/mol. The number of nitrogens with zero attached hydrogens (tertiary/aromatic N) is 9. The molecule has 0 amide bonds. The summed E-state index contributed by atoms with van der Waals surface area (Å²) in [6.07, 6.45) is 59.4. The SMILES string of the molecule is CCCCCCCCCCOc1cc(OCCCCCCCCCC)cc(-c2nnc(-c3ccc(Oc4nc(Oc5ccc(-c6nnc(-c7cc(OCCCCCCCCCC)cc(OCCCCCCCCCC)c7)s6)cc5)nc(Oc5ccc(-c6nnc(-c7cc(OCCCCCCCCCC)cc(OCCCCCCCCCC)c7)s6)cc5)n4)cc3)s2)c1. The summed E-state index contributed by atoms with van der Waals surface area (Å²) in [6.45, 7) is 17.5. The number of rotatable bonds is 72. The predicted molar refractivity (Wildman–Crippen MR) is 521 cm³/mol. The smallest absolute Gasteiger partial charge is 0.331 e. The average Bonchev–Trinajstić information content (AvgIpc) is 1.45. The highest BCUT2D eigenvalue weighted by Gasteiger charge is 2.20. The zero-order valence-electron chi connectivity index (χ0n) is 77.2. The molecule has 0 spiro atoms. The van der Waals surface area contributed by atoms with E-state index in [1.807, 2.05) is 91.0 Å². The van der Waals surface area contributed by atoms with Crippen molar-refractivity contribution in [3.63, 3.8) is 0 Å². The molecule has 0 aliphatic heterocycles. The van der Waals surface area contributed by atoms with Crippen molar-refractivity contribution in [2.45, 2.75) is 350 Å². The molecule has 21 heteroatoms. The molecule has 0 radical (unpaired) electrons. The average molecular weight is 1780 g/mol. The lowest BCUT2D eigenvalue weighted by Crippen LogP contribution is -2.01. The topological polar surface area (TPSA) is 199 Å². The van der Waals surface area contributed by atoms with E-state index in [4.69, 9.17) is 88.2 Å². The largest absolute Gasteiger partial charge is 0.493 e. The molecule has 0 fully saturated rings. The summed E-state index contributed by atoms with van der Waals surface area (Å²) in [6, 6.07) is 41.2. The van der Waals surface area contributed by atoms with Gasteiger partial charge >= 0.3 is 18.0 Å². The second-order valence-electron chi connectivity index (χ2n) is 33.8. The fourth-order valence-electron chi connectivity index (χ4n) is 15.3. The molecule has 126 heavy (non-hydrogen) atoms. The van der Waals surface area contributed by atoms with Gasteiger partial charge in [-0.05, 0) is 148 Å². The second-order valence-corrected chi connectivity index (χ2v) is 36.8. The Hall–Kier alpha value is -8.79. The van der Waals surface area contributed by atoms with E-state index in [2.05, 4.69) is 77.9 Å². The van der Waals surface area contributed by atoms with E-state index in [1.54, 1.807) is 0 Å². The van der Waals surface area contributed by atoms with Gasteiger partial charge in [0, 0.05) is 51.6 Å². The van der Waals surface area contributed by atoms with Gasteiger partial charge in [-0.2, -0.15) is 0 Å². The minimum absolute atomic E-state index is 0.0457. The maximum Gasteiger partial charge on any atom is 0.331 e. The zero-order chi connectivity index (χ0) is 87.7. The molecule has 10 rings (SSSR count). The predicted octanol–water partition coefficient (Wildman–Crippen LogP) is 32.9. The van der Waals surface area contributed by atoms with Gasteiger partial charge in [-0.1, -0.05) is 345 Å². The number of ether oxygens (including phenoxy) is 9. The highest BCUT2D eigenvalue weighted by molar-refractivity contribution is 7.18.